The zero-order valence-corrected chi connectivity index (χ0v) is 16.9. The smallest absolute Gasteiger partial charge is 0.263 e. The standard InChI is InChI=1S/C24H29N7O2/c1-15-19-14-27-24(28-20-8-7-18(13-26-20)30-11-9-25-10-12-30)29-22(19)31(17-5-3-4-6-17)23(33)21(15)16(2)32/h7-8,13-14,17,25H,3-6,9-12H2,1-2H3,(H,26,27,28,29)/i1D3,3D2,4D2,5D2,6D2,9D2,10D2,11D2,12D2. The topological polar surface area (TPSA) is 105 Å². The van der Waals surface area contributed by atoms with Crippen molar-refractivity contribution in [3.05, 3.63) is 46.0 Å². The number of nitrogens with one attached hydrogen (secondary N) is 2. The van der Waals surface area contributed by atoms with Crippen LogP contribution in [0.5, 0.6) is 0 Å². The number of rotatable bonds is 5. The van der Waals surface area contributed by atoms with Crippen molar-refractivity contribution in [1.29, 1.82) is 0 Å². The van der Waals surface area contributed by atoms with Crippen LogP contribution in [0, 0.1) is 6.85 Å². The molecule has 9 heteroatoms. The maximum atomic E-state index is 14.0. The summed E-state index contributed by atoms with van der Waals surface area (Å²) in [6.45, 7) is -14.9. The van der Waals surface area contributed by atoms with Gasteiger partial charge < -0.3 is 15.5 Å². The highest BCUT2D eigenvalue weighted by molar-refractivity contribution is 5.99. The van der Waals surface area contributed by atoms with Crippen LogP contribution in [0.25, 0.3) is 11.0 Å². The van der Waals surface area contributed by atoms with E-state index in [-0.39, 0.29) is 15.3 Å². The average Bonchev–Trinajstić information content (AvgIpc) is 3.03. The number of anilines is 3. The van der Waals surface area contributed by atoms with Crippen LogP contribution >= 0.6 is 0 Å². The SMILES string of the molecule is [2H]C([2H])([2H])c1c(C(C)=O)c(=O)n(C2C([2H])([2H])C([2H])([2H])C([2H])([2H])C2([2H])[2H])c2nc(Nc3ccc(N4C([2H])([2H])C([2H])([2H])NC([2H])([2H])C4([2H])[2H])cn3)ncc12. The van der Waals surface area contributed by atoms with Gasteiger partial charge in [0.05, 0.1) is 22.9 Å². The average molecular weight is 467 g/mol. The number of hydrogen-bond donors (Lipinski definition) is 2. The molecule has 1 aliphatic heterocycles. The van der Waals surface area contributed by atoms with Crippen molar-refractivity contribution >= 4 is 34.3 Å². The minimum atomic E-state index is -3.59. The summed E-state index contributed by atoms with van der Waals surface area (Å²) in [7, 11) is 0. The minimum Gasteiger partial charge on any atom is -0.368 e. The van der Waals surface area contributed by atoms with E-state index in [2.05, 4.69) is 20.3 Å². The fourth-order valence-corrected chi connectivity index (χ4v) is 3.25. The number of pyridine rings is 2. The van der Waals surface area contributed by atoms with E-state index in [1.807, 2.05) is 0 Å². The molecule has 172 valence electrons. The number of carbonyl (C=O) groups excluding carboxylic acids is 1. The van der Waals surface area contributed by atoms with Crippen molar-refractivity contribution in [3.8, 4) is 0 Å². The predicted molar refractivity (Wildman–Crippen MR) is 129 cm³/mol. The van der Waals surface area contributed by atoms with Crippen LogP contribution < -0.4 is 21.1 Å². The summed E-state index contributed by atoms with van der Waals surface area (Å²) in [4.78, 5) is 39.1. The molecule has 0 aromatic carbocycles. The first-order chi connectivity index (χ1) is 23.2. The number of aromatic nitrogens is 4. The Morgan fingerprint density at radius 1 is 1.21 bits per heavy atom. The predicted octanol–water partition coefficient (Wildman–Crippen LogP) is 2.97. The number of aryl methyl sites for hydroxylation is 1. The number of fused-ring (bicyclic) bond motifs is 1. The molecule has 2 aliphatic rings. The Hall–Kier alpha value is -3.33. The molecule has 0 atom stereocenters. The van der Waals surface area contributed by atoms with E-state index < -0.39 is 110 Å². The van der Waals surface area contributed by atoms with Crippen molar-refractivity contribution in [1.82, 2.24) is 24.8 Å². The molecule has 2 fully saturated rings. The molecule has 1 aliphatic carbocycles. The molecular formula is C24H29N7O2. The zero-order valence-electron chi connectivity index (χ0n) is 35.9. The monoisotopic (exact) mass is 466 g/mol. The molecule has 0 amide bonds. The Balaban J connectivity index is 1.71. The zero-order chi connectivity index (χ0) is 39.8. The van der Waals surface area contributed by atoms with Crippen molar-refractivity contribution < 1.29 is 30.8 Å². The van der Waals surface area contributed by atoms with Crippen molar-refractivity contribution in [3.63, 3.8) is 0 Å². The van der Waals surface area contributed by atoms with Gasteiger partial charge in [-0.15, -0.1) is 0 Å². The molecule has 3 aromatic rings. The quantitative estimate of drug-likeness (QED) is 0.553. The molecule has 1 saturated carbocycles. The third-order valence-corrected chi connectivity index (χ3v) is 4.75. The van der Waals surface area contributed by atoms with Crippen LogP contribution in [-0.4, -0.2) is 51.3 Å². The third-order valence-electron chi connectivity index (χ3n) is 4.75. The Morgan fingerprint density at radius 3 is 2.67 bits per heavy atom. The molecule has 2 N–H and O–H groups in total. The number of hydrogen-bond acceptors (Lipinski definition) is 8. The largest absolute Gasteiger partial charge is 0.368 e. The lowest BCUT2D eigenvalue weighted by Crippen LogP contribution is -2.43. The number of nitrogens with zero attached hydrogens (tertiary/aromatic N) is 5. The van der Waals surface area contributed by atoms with E-state index in [1.165, 1.54) is 0 Å². The molecule has 9 nitrogen and oxygen atoms in total. The van der Waals surface area contributed by atoms with Gasteiger partial charge >= 0.3 is 0 Å². The van der Waals surface area contributed by atoms with E-state index in [4.69, 9.17) is 26.0 Å². The van der Waals surface area contributed by atoms with Crippen LogP contribution in [0.4, 0.5) is 17.5 Å². The molecule has 5 rings (SSSR count). The van der Waals surface area contributed by atoms with E-state index in [0.717, 1.165) is 31.5 Å². The van der Waals surface area contributed by atoms with Crippen LogP contribution in [0.15, 0.2) is 29.3 Å². The second-order valence-corrected chi connectivity index (χ2v) is 6.81. The summed E-state index contributed by atoms with van der Waals surface area (Å²) in [5, 5.41) is 3.67. The first-order valence-electron chi connectivity index (χ1n) is 19.0. The van der Waals surface area contributed by atoms with Gasteiger partial charge in [0, 0.05) is 64.2 Å². The highest BCUT2D eigenvalue weighted by atomic mass is 16.1. The second kappa shape index (κ2) is 8.90. The first kappa shape index (κ1) is 8.79. The molecule has 4 heterocycles. The second-order valence-electron chi connectivity index (χ2n) is 6.81. The summed E-state index contributed by atoms with van der Waals surface area (Å²) < 4.78 is 157. The lowest BCUT2D eigenvalue weighted by atomic mass is 10.0. The van der Waals surface area contributed by atoms with E-state index in [9.17, 15) is 9.59 Å². The summed E-state index contributed by atoms with van der Waals surface area (Å²) in [6.07, 6.45) is -12.6. The Morgan fingerprint density at radius 2 is 2.00 bits per heavy atom. The van der Waals surface area contributed by atoms with Gasteiger partial charge in [-0.1, -0.05) is 12.7 Å². The van der Waals surface area contributed by atoms with Crippen LogP contribution in [0.2, 0.25) is 0 Å². The molecule has 1 saturated heterocycles. The first-order valence-corrected chi connectivity index (χ1v) is 9.51. The maximum absolute atomic E-state index is 14.0. The van der Waals surface area contributed by atoms with E-state index in [0.29, 0.717) is 0 Å². The van der Waals surface area contributed by atoms with Crippen molar-refractivity contribution in [2.24, 2.45) is 0 Å². The normalized spacial score (nSPS) is 38.1. The summed E-state index contributed by atoms with van der Waals surface area (Å²) >= 11 is 0. The summed E-state index contributed by atoms with van der Waals surface area (Å²) in [5.41, 5.74) is -4.75. The van der Waals surface area contributed by atoms with Gasteiger partial charge in [0.15, 0.2) is 5.78 Å². The van der Waals surface area contributed by atoms with Crippen molar-refractivity contribution in [2.75, 3.05) is 36.2 Å². The van der Waals surface area contributed by atoms with Crippen LogP contribution in [0.3, 0.4) is 0 Å². The number of carbonyl (C=O) groups is 1. The molecule has 0 bridgehead atoms. The maximum Gasteiger partial charge on any atom is 0.263 e. The summed E-state index contributed by atoms with van der Waals surface area (Å²) in [6, 6.07) is -0.550. The molecule has 0 radical (unpaired) electrons. The number of Topliss-reactive ketones (excluding diaryl/α,β-unsaturated/α-hetero) is 1. The van der Waals surface area contributed by atoms with E-state index in [1.54, 1.807) is 5.32 Å². The molecule has 33 heavy (non-hydrogen) atoms. The lowest BCUT2D eigenvalue weighted by Gasteiger charge is -2.29. The molecular weight excluding hydrogens is 418 g/mol. The minimum absolute atomic E-state index is 0.212. The third kappa shape index (κ3) is 4.08. The van der Waals surface area contributed by atoms with Gasteiger partial charge in [-0.05, 0) is 44.2 Å². The molecule has 0 unspecified atom stereocenters. The van der Waals surface area contributed by atoms with Gasteiger partial charge in [0.1, 0.15) is 11.5 Å². The Labute approximate surface area is 219 Å². The Bertz CT molecular complexity index is 1980. The fraction of sp³-hybridized carbons (Fsp3) is 0.458. The van der Waals surface area contributed by atoms with Crippen molar-refractivity contribution in [2.45, 2.75) is 45.3 Å². The van der Waals surface area contributed by atoms with Gasteiger partial charge in [-0.2, -0.15) is 4.98 Å². The highest BCUT2D eigenvalue weighted by Gasteiger charge is 2.25. The van der Waals surface area contributed by atoms with Gasteiger partial charge in [-0.25, -0.2) is 9.97 Å². The molecule has 3 aromatic heterocycles. The number of piperazine rings is 1. The van der Waals surface area contributed by atoms with Crippen LogP contribution in [-0.2, 0) is 0 Å². The van der Waals surface area contributed by atoms with Gasteiger partial charge in [0.25, 0.3) is 5.56 Å². The Kier molecular flexibility index (Phi) is 2.37. The number of ketones is 1. The highest BCUT2D eigenvalue weighted by Crippen LogP contribution is 2.32. The lowest BCUT2D eigenvalue weighted by molar-refractivity contribution is 0.101. The molecule has 0 spiro atoms. The summed E-state index contributed by atoms with van der Waals surface area (Å²) in [5.74, 6) is -1.89. The van der Waals surface area contributed by atoms with Crippen LogP contribution in [0.1, 0.15) is 80.4 Å². The van der Waals surface area contributed by atoms with E-state index >= 15 is 0 Å². The van der Waals surface area contributed by atoms with Gasteiger partial charge in [0.2, 0.25) is 5.95 Å². The van der Waals surface area contributed by atoms with Gasteiger partial charge in [-0.3, -0.25) is 14.2 Å². The fourth-order valence-electron chi connectivity index (χ4n) is 3.25.